The van der Waals surface area contributed by atoms with E-state index in [-0.39, 0.29) is 6.61 Å². The van der Waals surface area contributed by atoms with Gasteiger partial charge in [-0.05, 0) is 0 Å². The minimum Gasteiger partial charge on any atom is -0.468 e. The van der Waals surface area contributed by atoms with Gasteiger partial charge >= 0.3 is 13.6 Å². The molecule has 0 aliphatic carbocycles. The van der Waals surface area contributed by atoms with E-state index in [4.69, 9.17) is 4.74 Å². The topological polar surface area (TPSA) is 71.1 Å². The van der Waals surface area contributed by atoms with Crippen LogP contribution in [0.25, 0.3) is 0 Å². The van der Waals surface area contributed by atoms with Gasteiger partial charge in [0.2, 0.25) is 0 Å². The van der Waals surface area contributed by atoms with E-state index >= 15 is 0 Å². The number of esters is 1. The molecule has 0 saturated heterocycles. The van der Waals surface area contributed by atoms with Gasteiger partial charge in [-0.25, -0.2) is 0 Å². The molecule has 0 aromatic heterocycles. The molecule has 0 fully saturated rings. The zero-order valence-corrected chi connectivity index (χ0v) is 9.58. The molecule has 0 spiro atoms. The molecule has 0 aromatic carbocycles. The number of rotatable bonds is 6. The van der Waals surface area contributed by atoms with Crippen LogP contribution in [0.4, 0.5) is 0 Å². The van der Waals surface area contributed by atoms with E-state index in [1.54, 1.807) is 0 Å². The number of methoxy groups -OCH3 is 2. The lowest BCUT2D eigenvalue weighted by Crippen LogP contribution is -2.28. The first-order valence-electron chi connectivity index (χ1n) is 3.83. The van der Waals surface area contributed by atoms with Crippen molar-refractivity contribution in [2.75, 3.05) is 35.0 Å². The van der Waals surface area contributed by atoms with Gasteiger partial charge in [-0.1, -0.05) is 0 Å². The Bertz CT molecular complexity index is 220. The van der Waals surface area contributed by atoms with Gasteiger partial charge in [0.1, 0.15) is 0 Å². The van der Waals surface area contributed by atoms with Gasteiger partial charge in [-0.15, -0.1) is 0 Å². The Hall–Kier alpha value is -0.420. The Morgan fingerprint density at radius 3 is 2.00 bits per heavy atom. The summed E-state index contributed by atoms with van der Waals surface area (Å²) in [5.41, 5.74) is -1.05. The first kappa shape index (κ1) is 13.6. The third-order valence-corrected chi connectivity index (χ3v) is 3.83. The van der Waals surface area contributed by atoms with Crippen molar-refractivity contribution >= 4 is 13.6 Å². The van der Waals surface area contributed by atoms with Crippen molar-refractivity contribution in [3.8, 4) is 0 Å². The normalized spacial score (nSPS) is 13.7. The van der Waals surface area contributed by atoms with Crippen LogP contribution in [0.3, 0.4) is 0 Å². The molecule has 14 heavy (non-hydrogen) atoms. The van der Waals surface area contributed by atoms with E-state index in [0.717, 1.165) is 0 Å². The number of carbonyl (C=O) groups excluding carboxylic acids is 1. The Morgan fingerprint density at radius 1 is 1.21 bits per heavy atom. The molecule has 0 heterocycles. The van der Waals surface area contributed by atoms with Gasteiger partial charge in [-0.2, -0.15) is 0 Å². The standard InChI is InChI=1S/C7H15O6P/c1-10-5-6(7(8)11-2)14(9,12-3)13-4/h6H,5H2,1-4H3. The molecule has 0 N–H and O–H groups in total. The highest BCUT2D eigenvalue weighted by atomic mass is 31.2. The van der Waals surface area contributed by atoms with Crippen molar-refractivity contribution in [2.45, 2.75) is 5.66 Å². The largest absolute Gasteiger partial charge is 0.468 e. The molecule has 84 valence electrons. The molecule has 0 amide bonds. The highest BCUT2D eigenvalue weighted by molar-refractivity contribution is 7.55. The molecule has 7 heteroatoms. The van der Waals surface area contributed by atoms with E-state index < -0.39 is 19.2 Å². The second-order valence-electron chi connectivity index (χ2n) is 2.40. The second-order valence-corrected chi connectivity index (χ2v) is 4.83. The van der Waals surface area contributed by atoms with Gasteiger partial charge < -0.3 is 18.5 Å². The van der Waals surface area contributed by atoms with Crippen molar-refractivity contribution in [3.05, 3.63) is 0 Å². The van der Waals surface area contributed by atoms with E-state index in [9.17, 15) is 9.36 Å². The van der Waals surface area contributed by atoms with Gasteiger partial charge in [0.15, 0.2) is 5.66 Å². The molecule has 0 saturated carbocycles. The fraction of sp³-hybridized carbons (Fsp3) is 0.857. The van der Waals surface area contributed by atoms with Crippen LogP contribution in [0.15, 0.2) is 0 Å². The smallest absolute Gasteiger partial charge is 0.346 e. The lowest BCUT2D eigenvalue weighted by molar-refractivity contribution is -0.141. The molecular weight excluding hydrogens is 211 g/mol. The minimum atomic E-state index is -3.48. The number of carbonyl (C=O) groups is 1. The maximum atomic E-state index is 11.8. The molecule has 1 atom stereocenters. The van der Waals surface area contributed by atoms with Crippen molar-refractivity contribution in [1.82, 2.24) is 0 Å². The summed E-state index contributed by atoms with van der Waals surface area (Å²) in [5.74, 6) is -0.682. The fourth-order valence-electron chi connectivity index (χ4n) is 0.911. The molecular formula is C7H15O6P. The van der Waals surface area contributed by atoms with Gasteiger partial charge in [0, 0.05) is 21.3 Å². The quantitative estimate of drug-likeness (QED) is 0.489. The van der Waals surface area contributed by atoms with Crippen LogP contribution in [0.1, 0.15) is 0 Å². The van der Waals surface area contributed by atoms with Crippen molar-refractivity contribution in [3.63, 3.8) is 0 Å². The first-order valence-corrected chi connectivity index (χ1v) is 5.44. The average Bonchev–Trinajstić information content (AvgIpc) is 2.23. The third kappa shape index (κ3) is 3.06. The van der Waals surface area contributed by atoms with Crippen LogP contribution in [0.2, 0.25) is 0 Å². The summed E-state index contributed by atoms with van der Waals surface area (Å²) >= 11 is 0. The molecule has 0 aromatic rings. The SMILES string of the molecule is COCC(C(=O)OC)P(=O)(OC)OC. The summed E-state index contributed by atoms with van der Waals surface area (Å²) in [6, 6.07) is 0. The summed E-state index contributed by atoms with van der Waals surface area (Å²) in [4.78, 5) is 11.2. The Balaban J connectivity index is 4.78. The minimum absolute atomic E-state index is 0.0777. The van der Waals surface area contributed by atoms with Crippen LogP contribution in [0, 0.1) is 0 Å². The number of hydrogen-bond donors (Lipinski definition) is 0. The summed E-state index contributed by atoms with van der Waals surface area (Å²) in [7, 11) is 1.50. The zero-order chi connectivity index (χ0) is 11.2. The number of hydrogen-bond acceptors (Lipinski definition) is 6. The highest BCUT2D eigenvalue weighted by Crippen LogP contribution is 2.51. The van der Waals surface area contributed by atoms with Crippen molar-refractivity contribution in [2.24, 2.45) is 0 Å². The van der Waals surface area contributed by atoms with Gasteiger partial charge in [0.05, 0.1) is 13.7 Å². The van der Waals surface area contributed by atoms with Gasteiger partial charge in [-0.3, -0.25) is 9.36 Å². The lowest BCUT2D eigenvalue weighted by Gasteiger charge is -2.21. The monoisotopic (exact) mass is 226 g/mol. The van der Waals surface area contributed by atoms with E-state index in [1.807, 2.05) is 0 Å². The van der Waals surface area contributed by atoms with Crippen LogP contribution in [-0.4, -0.2) is 46.7 Å². The molecule has 0 radical (unpaired) electrons. The Kier molecular flexibility index (Phi) is 5.95. The maximum Gasteiger partial charge on any atom is 0.346 e. The van der Waals surface area contributed by atoms with Crippen LogP contribution in [0.5, 0.6) is 0 Å². The zero-order valence-electron chi connectivity index (χ0n) is 8.68. The summed E-state index contributed by atoms with van der Waals surface area (Å²) in [6.07, 6.45) is 0. The molecule has 0 rings (SSSR count). The molecule has 1 unspecified atom stereocenters. The molecule has 0 aliphatic rings. The summed E-state index contributed by atoms with van der Waals surface area (Å²) in [5, 5.41) is 0. The Morgan fingerprint density at radius 2 is 1.71 bits per heavy atom. The average molecular weight is 226 g/mol. The molecule has 0 bridgehead atoms. The predicted octanol–water partition coefficient (Wildman–Crippen LogP) is 0.660. The predicted molar refractivity (Wildman–Crippen MR) is 49.3 cm³/mol. The first-order chi connectivity index (χ1) is 6.55. The second kappa shape index (κ2) is 6.14. The van der Waals surface area contributed by atoms with Crippen LogP contribution < -0.4 is 0 Å². The molecule has 6 nitrogen and oxygen atoms in total. The lowest BCUT2D eigenvalue weighted by atomic mass is 10.4. The Labute approximate surface area is 83.0 Å². The van der Waals surface area contributed by atoms with Crippen molar-refractivity contribution in [1.29, 1.82) is 0 Å². The van der Waals surface area contributed by atoms with Gasteiger partial charge in [0.25, 0.3) is 0 Å². The number of ether oxygens (including phenoxy) is 2. The van der Waals surface area contributed by atoms with Crippen molar-refractivity contribution < 1.29 is 27.9 Å². The van der Waals surface area contributed by atoms with E-state index in [0.29, 0.717) is 0 Å². The maximum absolute atomic E-state index is 11.8. The molecule has 0 aliphatic heterocycles. The van der Waals surface area contributed by atoms with Crippen LogP contribution >= 0.6 is 7.60 Å². The fourth-order valence-corrected chi connectivity index (χ4v) is 2.26. The highest BCUT2D eigenvalue weighted by Gasteiger charge is 2.40. The van der Waals surface area contributed by atoms with E-state index in [2.05, 4.69) is 13.8 Å². The third-order valence-electron chi connectivity index (χ3n) is 1.69. The summed E-state index contributed by atoms with van der Waals surface area (Å²) in [6.45, 7) is -0.0777. The van der Waals surface area contributed by atoms with Crippen LogP contribution in [-0.2, 0) is 27.9 Å². The van der Waals surface area contributed by atoms with E-state index in [1.165, 1.54) is 28.4 Å². The summed E-state index contributed by atoms with van der Waals surface area (Å²) < 4.78 is 30.4.